The number of rotatable bonds is 6. The van der Waals surface area contributed by atoms with Crippen LogP contribution in [0, 0.1) is 12.8 Å². The van der Waals surface area contributed by atoms with Crippen molar-refractivity contribution in [1.82, 2.24) is 5.32 Å². The summed E-state index contributed by atoms with van der Waals surface area (Å²) in [7, 11) is 0. The zero-order valence-corrected chi connectivity index (χ0v) is 11.8. The number of halogens is 1. The maximum atomic E-state index is 11.9. The summed E-state index contributed by atoms with van der Waals surface area (Å²) in [5, 5.41) is 12.1. The van der Waals surface area contributed by atoms with Crippen molar-refractivity contribution in [2.75, 3.05) is 6.54 Å². The summed E-state index contributed by atoms with van der Waals surface area (Å²) in [5.41, 5.74) is 1.37. The van der Waals surface area contributed by atoms with E-state index in [1.165, 1.54) is 0 Å². The number of carboxylic acid groups (broad SMARTS) is 1. The molecule has 4 nitrogen and oxygen atoms in total. The molecule has 5 heteroatoms. The van der Waals surface area contributed by atoms with E-state index in [4.69, 9.17) is 16.7 Å². The lowest BCUT2D eigenvalue weighted by molar-refractivity contribution is -0.138. The average Bonchev–Trinajstić information content (AvgIpc) is 2.36. The van der Waals surface area contributed by atoms with Gasteiger partial charge in [0.05, 0.1) is 0 Å². The van der Waals surface area contributed by atoms with Gasteiger partial charge in [0.1, 0.15) is 0 Å². The monoisotopic (exact) mass is 283 g/mol. The minimum absolute atomic E-state index is 0.0464. The Morgan fingerprint density at radius 3 is 2.63 bits per heavy atom. The number of amides is 1. The van der Waals surface area contributed by atoms with Crippen LogP contribution in [0.5, 0.6) is 0 Å². The third-order valence-electron chi connectivity index (χ3n) is 3.01. The summed E-state index contributed by atoms with van der Waals surface area (Å²) in [6, 6.07) is 5.05. The van der Waals surface area contributed by atoms with Gasteiger partial charge in [0.25, 0.3) is 5.91 Å². The van der Waals surface area contributed by atoms with Crippen molar-refractivity contribution >= 4 is 23.5 Å². The maximum Gasteiger partial charge on any atom is 0.303 e. The molecule has 0 fully saturated rings. The molecule has 0 radical (unpaired) electrons. The minimum Gasteiger partial charge on any atom is -0.481 e. The third-order valence-corrected chi connectivity index (χ3v) is 3.44. The smallest absolute Gasteiger partial charge is 0.303 e. The second kappa shape index (κ2) is 7.14. The number of carboxylic acids is 1. The van der Waals surface area contributed by atoms with Crippen molar-refractivity contribution in [3.63, 3.8) is 0 Å². The molecule has 0 heterocycles. The van der Waals surface area contributed by atoms with Crippen LogP contribution < -0.4 is 5.32 Å². The number of carbonyl (C=O) groups excluding carboxylic acids is 1. The third kappa shape index (κ3) is 4.91. The molecule has 0 aliphatic rings. The van der Waals surface area contributed by atoms with E-state index in [-0.39, 0.29) is 18.2 Å². The highest BCUT2D eigenvalue weighted by Crippen LogP contribution is 2.16. The van der Waals surface area contributed by atoms with Crippen molar-refractivity contribution < 1.29 is 14.7 Å². The largest absolute Gasteiger partial charge is 0.481 e. The Morgan fingerprint density at radius 2 is 2.11 bits per heavy atom. The molecule has 0 saturated carbocycles. The quantitative estimate of drug-likeness (QED) is 0.843. The Labute approximate surface area is 117 Å². The average molecular weight is 284 g/mol. The maximum absolute atomic E-state index is 11.9. The Morgan fingerprint density at radius 1 is 1.42 bits per heavy atom. The van der Waals surface area contributed by atoms with Crippen LogP contribution in [0.15, 0.2) is 18.2 Å². The predicted molar refractivity (Wildman–Crippen MR) is 74.6 cm³/mol. The Balaban J connectivity index is 2.59. The molecule has 1 rings (SSSR count). The first-order chi connectivity index (χ1) is 8.93. The molecular formula is C14H18ClNO3. The van der Waals surface area contributed by atoms with Gasteiger partial charge in [0, 0.05) is 23.6 Å². The summed E-state index contributed by atoms with van der Waals surface area (Å²) in [4.78, 5) is 22.6. The lowest BCUT2D eigenvalue weighted by Gasteiger charge is -2.13. The van der Waals surface area contributed by atoms with Crippen molar-refractivity contribution in [1.29, 1.82) is 0 Å². The first kappa shape index (κ1) is 15.5. The molecule has 0 aliphatic heterocycles. The molecule has 1 amide bonds. The fourth-order valence-electron chi connectivity index (χ4n) is 1.73. The van der Waals surface area contributed by atoms with Gasteiger partial charge < -0.3 is 10.4 Å². The zero-order chi connectivity index (χ0) is 14.4. The van der Waals surface area contributed by atoms with Crippen LogP contribution in [0.2, 0.25) is 5.02 Å². The van der Waals surface area contributed by atoms with Crippen LogP contribution in [0.4, 0.5) is 0 Å². The predicted octanol–water partition coefficient (Wildman–Crippen LogP) is 2.88. The normalized spacial score (nSPS) is 11.9. The van der Waals surface area contributed by atoms with Crippen LogP contribution in [0.3, 0.4) is 0 Å². The highest BCUT2D eigenvalue weighted by molar-refractivity contribution is 6.31. The molecule has 1 aromatic carbocycles. The molecule has 1 atom stereocenters. The van der Waals surface area contributed by atoms with Gasteiger partial charge in [0.2, 0.25) is 0 Å². The first-order valence-corrected chi connectivity index (χ1v) is 6.58. The minimum atomic E-state index is -0.844. The summed E-state index contributed by atoms with van der Waals surface area (Å²) >= 11 is 5.90. The molecule has 0 aliphatic carbocycles. The molecular weight excluding hydrogens is 266 g/mol. The lowest BCUT2D eigenvalue weighted by atomic mass is 10.0. The van der Waals surface area contributed by atoms with E-state index in [9.17, 15) is 9.59 Å². The number of hydrogen-bond donors (Lipinski definition) is 2. The van der Waals surface area contributed by atoms with E-state index in [1.54, 1.807) is 18.2 Å². The van der Waals surface area contributed by atoms with Crippen LogP contribution in [-0.2, 0) is 4.79 Å². The Bertz CT molecular complexity index is 474. The number of nitrogens with one attached hydrogen (secondary N) is 1. The van der Waals surface area contributed by atoms with Crippen molar-refractivity contribution in [2.45, 2.75) is 26.7 Å². The van der Waals surface area contributed by atoms with Crippen LogP contribution in [-0.4, -0.2) is 23.5 Å². The SMILES string of the molecule is CCC(CNC(=O)c1ccc(Cl)c(C)c1)CC(=O)O. The second-order valence-electron chi connectivity index (χ2n) is 4.55. The zero-order valence-electron chi connectivity index (χ0n) is 11.1. The number of aliphatic carboxylic acids is 1. The number of aryl methyl sites for hydroxylation is 1. The highest BCUT2D eigenvalue weighted by Gasteiger charge is 2.13. The van der Waals surface area contributed by atoms with Crippen LogP contribution in [0.25, 0.3) is 0 Å². The van der Waals surface area contributed by atoms with Crippen molar-refractivity contribution in [2.24, 2.45) is 5.92 Å². The Kier molecular flexibility index (Phi) is 5.83. The lowest BCUT2D eigenvalue weighted by Crippen LogP contribution is -2.30. The van der Waals surface area contributed by atoms with Gasteiger partial charge in [-0.25, -0.2) is 0 Å². The Hall–Kier alpha value is -1.55. The van der Waals surface area contributed by atoms with Gasteiger partial charge >= 0.3 is 5.97 Å². The number of carbonyl (C=O) groups is 2. The molecule has 1 unspecified atom stereocenters. The molecule has 0 saturated heterocycles. The van der Waals surface area contributed by atoms with Gasteiger partial charge in [-0.3, -0.25) is 9.59 Å². The molecule has 0 aromatic heterocycles. The topological polar surface area (TPSA) is 66.4 Å². The van der Waals surface area contributed by atoms with E-state index >= 15 is 0 Å². The van der Waals surface area contributed by atoms with Gasteiger partial charge in [-0.15, -0.1) is 0 Å². The van der Waals surface area contributed by atoms with Gasteiger partial charge in [-0.2, -0.15) is 0 Å². The van der Waals surface area contributed by atoms with Crippen molar-refractivity contribution in [3.8, 4) is 0 Å². The molecule has 0 bridgehead atoms. The summed E-state index contributed by atoms with van der Waals surface area (Å²) in [6.45, 7) is 4.11. The van der Waals surface area contributed by atoms with E-state index < -0.39 is 5.97 Å². The standard InChI is InChI=1S/C14H18ClNO3/c1-3-10(7-13(17)18)8-16-14(19)11-4-5-12(15)9(2)6-11/h4-6,10H,3,7-8H2,1-2H3,(H,16,19)(H,17,18). The fourth-order valence-corrected chi connectivity index (χ4v) is 1.85. The van der Waals surface area contributed by atoms with E-state index in [0.29, 0.717) is 23.6 Å². The number of benzene rings is 1. The molecule has 1 aromatic rings. The first-order valence-electron chi connectivity index (χ1n) is 6.20. The van der Waals surface area contributed by atoms with Gasteiger partial charge in [-0.05, 0) is 36.6 Å². The fraction of sp³-hybridized carbons (Fsp3) is 0.429. The number of hydrogen-bond acceptors (Lipinski definition) is 2. The van der Waals surface area contributed by atoms with Crippen molar-refractivity contribution in [3.05, 3.63) is 34.3 Å². The van der Waals surface area contributed by atoms with E-state index in [2.05, 4.69) is 5.32 Å². The second-order valence-corrected chi connectivity index (χ2v) is 4.95. The van der Waals surface area contributed by atoms with Gasteiger partial charge in [-0.1, -0.05) is 24.9 Å². The summed E-state index contributed by atoms with van der Waals surface area (Å²) < 4.78 is 0. The van der Waals surface area contributed by atoms with E-state index in [0.717, 1.165) is 5.56 Å². The molecule has 2 N–H and O–H groups in total. The molecule has 104 valence electrons. The molecule has 0 spiro atoms. The van der Waals surface area contributed by atoms with Crippen LogP contribution >= 0.6 is 11.6 Å². The van der Waals surface area contributed by atoms with Gasteiger partial charge in [0.15, 0.2) is 0 Å². The highest BCUT2D eigenvalue weighted by atomic mass is 35.5. The molecule has 19 heavy (non-hydrogen) atoms. The summed E-state index contributed by atoms with van der Waals surface area (Å²) in [6.07, 6.45) is 0.780. The summed E-state index contributed by atoms with van der Waals surface area (Å²) in [5.74, 6) is -1.10. The van der Waals surface area contributed by atoms with Crippen LogP contribution in [0.1, 0.15) is 35.7 Å². The van der Waals surface area contributed by atoms with E-state index in [1.807, 2.05) is 13.8 Å².